The van der Waals surface area contributed by atoms with Crippen LogP contribution in [0.2, 0.25) is 0 Å². The summed E-state index contributed by atoms with van der Waals surface area (Å²) in [6.07, 6.45) is 9.49. The summed E-state index contributed by atoms with van der Waals surface area (Å²) in [7, 11) is 2.35. The Bertz CT molecular complexity index is 387. The second-order valence-electron chi connectivity index (χ2n) is 8.48. The minimum atomic E-state index is 0.487. The van der Waals surface area contributed by atoms with Crippen molar-refractivity contribution in [3.63, 3.8) is 0 Å². The van der Waals surface area contributed by atoms with Gasteiger partial charge in [-0.1, -0.05) is 26.2 Å². The van der Waals surface area contributed by atoms with Gasteiger partial charge in [-0.25, -0.2) is 0 Å². The molecule has 2 heterocycles. The van der Waals surface area contributed by atoms with Gasteiger partial charge in [0.2, 0.25) is 0 Å². The van der Waals surface area contributed by atoms with E-state index in [1.54, 1.807) is 4.90 Å². The Morgan fingerprint density at radius 3 is 2.67 bits per heavy atom. The summed E-state index contributed by atoms with van der Waals surface area (Å²) >= 11 is 0. The van der Waals surface area contributed by atoms with E-state index >= 15 is 0 Å². The molecule has 4 fully saturated rings. The summed E-state index contributed by atoms with van der Waals surface area (Å²) in [6.45, 7) is 5.03. The molecule has 0 spiro atoms. The highest BCUT2D eigenvalue weighted by molar-refractivity contribution is 5.06. The number of hydrogen-bond acceptors (Lipinski definition) is 2. The zero-order valence-corrected chi connectivity index (χ0v) is 13.8. The molecule has 120 valence electrons. The van der Waals surface area contributed by atoms with Crippen LogP contribution in [0.4, 0.5) is 0 Å². The molecular weight excluding hydrogens is 260 g/mol. The van der Waals surface area contributed by atoms with Crippen LogP contribution in [-0.2, 0) is 0 Å². The highest BCUT2D eigenvalue weighted by Crippen LogP contribution is 2.54. The number of fused-ring (bicyclic) bond motifs is 5. The van der Waals surface area contributed by atoms with Crippen molar-refractivity contribution in [1.29, 1.82) is 0 Å². The second kappa shape index (κ2) is 5.50. The number of nitrogens with one attached hydrogen (secondary N) is 1. The molecule has 0 radical (unpaired) electrons. The maximum absolute atomic E-state index is 10.9. The van der Waals surface area contributed by atoms with Gasteiger partial charge in [0.15, 0.2) is 0 Å². The Labute approximate surface area is 129 Å². The van der Waals surface area contributed by atoms with Crippen molar-refractivity contribution in [2.75, 3.05) is 20.1 Å². The SMILES string of the molecule is CCC1CC2C3CCCCC3N(O)C2C2C[NH+](C)CCC12. The summed E-state index contributed by atoms with van der Waals surface area (Å²) in [5.41, 5.74) is 0. The summed E-state index contributed by atoms with van der Waals surface area (Å²) in [5, 5.41) is 12.8. The van der Waals surface area contributed by atoms with Crippen LogP contribution in [-0.4, -0.2) is 42.5 Å². The number of hydrogen-bond donors (Lipinski definition) is 2. The first-order chi connectivity index (χ1) is 10.2. The zero-order valence-electron chi connectivity index (χ0n) is 13.8. The van der Waals surface area contributed by atoms with Gasteiger partial charge in [0.05, 0.1) is 20.1 Å². The van der Waals surface area contributed by atoms with Gasteiger partial charge in [0.1, 0.15) is 0 Å². The summed E-state index contributed by atoms with van der Waals surface area (Å²) in [6, 6.07) is 0.980. The maximum Gasteiger partial charge on any atom is 0.0816 e. The number of hydroxylamine groups is 2. The molecule has 2 aliphatic heterocycles. The number of likely N-dealkylation sites (tertiary alicyclic amines) is 1. The molecule has 2 N–H and O–H groups in total. The van der Waals surface area contributed by atoms with Crippen molar-refractivity contribution in [2.45, 2.75) is 64.0 Å². The van der Waals surface area contributed by atoms with Crippen molar-refractivity contribution >= 4 is 0 Å². The van der Waals surface area contributed by atoms with Crippen molar-refractivity contribution in [2.24, 2.45) is 29.6 Å². The highest BCUT2D eigenvalue weighted by Gasteiger charge is 2.58. The van der Waals surface area contributed by atoms with E-state index in [1.165, 1.54) is 58.0 Å². The first kappa shape index (κ1) is 14.5. The first-order valence-electron chi connectivity index (χ1n) is 9.49. The van der Waals surface area contributed by atoms with Gasteiger partial charge >= 0.3 is 0 Å². The van der Waals surface area contributed by atoms with Crippen LogP contribution in [0.5, 0.6) is 0 Å². The zero-order chi connectivity index (χ0) is 14.6. The molecular formula is C18H33N2O+. The minimum absolute atomic E-state index is 0.487. The van der Waals surface area contributed by atoms with E-state index in [4.69, 9.17) is 0 Å². The number of rotatable bonds is 1. The van der Waals surface area contributed by atoms with Crippen molar-refractivity contribution in [3.05, 3.63) is 0 Å². The fourth-order valence-corrected chi connectivity index (χ4v) is 6.70. The van der Waals surface area contributed by atoms with Crippen molar-refractivity contribution in [3.8, 4) is 0 Å². The highest BCUT2D eigenvalue weighted by atomic mass is 16.5. The van der Waals surface area contributed by atoms with E-state index in [9.17, 15) is 5.21 Å². The monoisotopic (exact) mass is 293 g/mol. The van der Waals surface area contributed by atoms with Gasteiger partial charge in [0.25, 0.3) is 0 Å². The quantitative estimate of drug-likeness (QED) is 0.772. The molecule has 8 unspecified atom stereocenters. The Balaban J connectivity index is 1.65. The van der Waals surface area contributed by atoms with E-state index in [1.807, 2.05) is 5.06 Å². The molecule has 0 aromatic heterocycles. The molecule has 4 aliphatic rings. The average molecular weight is 293 g/mol. The van der Waals surface area contributed by atoms with Crippen LogP contribution in [0.1, 0.15) is 51.9 Å². The number of nitrogens with zero attached hydrogens (tertiary/aromatic N) is 1. The molecule has 0 aromatic rings. The first-order valence-corrected chi connectivity index (χ1v) is 9.49. The van der Waals surface area contributed by atoms with Crippen LogP contribution in [0.15, 0.2) is 0 Å². The molecule has 21 heavy (non-hydrogen) atoms. The molecule has 8 atom stereocenters. The number of piperidine rings is 1. The lowest BCUT2D eigenvalue weighted by atomic mass is 9.59. The largest absolute Gasteiger partial charge is 0.337 e. The smallest absolute Gasteiger partial charge is 0.0816 e. The van der Waals surface area contributed by atoms with E-state index in [0.29, 0.717) is 12.1 Å². The molecule has 4 rings (SSSR count). The molecule has 2 aliphatic carbocycles. The lowest BCUT2D eigenvalue weighted by Crippen LogP contribution is -3.11. The normalized spacial score (nSPS) is 53.9. The Kier molecular flexibility index (Phi) is 3.79. The van der Waals surface area contributed by atoms with Crippen LogP contribution in [0, 0.1) is 29.6 Å². The van der Waals surface area contributed by atoms with Gasteiger partial charge in [-0.3, -0.25) is 0 Å². The van der Waals surface area contributed by atoms with Crippen LogP contribution < -0.4 is 4.90 Å². The fourth-order valence-electron chi connectivity index (χ4n) is 6.70. The van der Waals surface area contributed by atoms with Crippen molar-refractivity contribution < 1.29 is 10.1 Å². The summed E-state index contributed by atoms with van der Waals surface area (Å²) in [5.74, 6) is 4.15. The van der Waals surface area contributed by atoms with E-state index in [2.05, 4.69) is 14.0 Å². The third-order valence-electron chi connectivity index (χ3n) is 7.60. The molecule has 2 saturated carbocycles. The van der Waals surface area contributed by atoms with Crippen LogP contribution in [0.25, 0.3) is 0 Å². The van der Waals surface area contributed by atoms with Crippen LogP contribution in [0.3, 0.4) is 0 Å². The summed E-state index contributed by atoms with van der Waals surface area (Å²) < 4.78 is 0. The molecule has 3 nitrogen and oxygen atoms in total. The molecule has 0 amide bonds. The Hall–Kier alpha value is -0.120. The van der Waals surface area contributed by atoms with Gasteiger partial charge in [-0.2, -0.15) is 5.06 Å². The third-order valence-corrected chi connectivity index (χ3v) is 7.60. The van der Waals surface area contributed by atoms with Gasteiger partial charge in [-0.15, -0.1) is 0 Å². The predicted octanol–water partition coefficient (Wildman–Crippen LogP) is 1.82. The van der Waals surface area contributed by atoms with Gasteiger partial charge < -0.3 is 10.1 Å². The summed E-state index contributed by atoms with van der Waals surface area (Å²) in [4.78, 5) is 1.69. The predicted molar refractivity (Wildman–Crippen MR) is 83.3 cm³/mol. The second-order valence-corrected chi connectivity index (χ2v) is 8.48. The Morgan fingerprint density at radius 2 is 1.86 bits per heavy atom. The number of quaternary nitrogens is 1. The van der Waals surface area contributed by atoms with E-state index in [-0.39, 0.29) is 0 Å². The molecule has 0 aromatic carbocycles. The van der Waals surface area contributed by atoms with E-state index < -0.39 is 0 Å². The standard InChI is InChI=1S/C18H32N2O/c1-3-12-10-15-14-6-4-5-7-17(14)20(21)18(15)16-11-19(2)9-8-13(12)16/h12-18,21H,3-11H2,1-2H3/p+1. The van der Waals surface area contributed by atoms with Crippen LogP contribution >= 0.6 is 0 Å². The minimum Gasteiger partial charge on any atom is -0.337 e. The van der Waals surface area contributed by atoms with Crippen molar-refractivity contribution in [1.82, 2.24) is 5.06 Å². The Morgan fingerprint density at radius 1 is 1.05 bits per heavy atom. The average Bonchev–Trinajstić information content (AvgIpc) is 2.80. The molecule has 3 heteroatoms. The lowest BCUT2D eigenvalue weighted by Gasteiger charge is -2.49. The molecule has 2 saturated heterocycles. The van der Waals surface area contributed by atoms with Gasteiger partial charge in [-0.05, 0) is 42.9 Å². The van der Waals surface area contributed by atoms with Gasteiger partial charge in [0, 0.05) is 24.4 Å². The molecule has 0 bridgehead atoms. The topological polar surface area (TPSA) is 27.9 Å². The van der Waals surface area contributed by atoms with E-state index in [0.717, 1.165) is 29.6 Å². The lowest BCUT2D eigenvalue weighted by molar-refractivity contribution is -0.891. The fraction of sp³-hybridized carbons (Fsp3) is 1.00. The maximum atomic E-state index is 10.9. The third kappa shape index (κ3) is 2.19.